The van der Waals surface area contributed by atoms with Crippen molar-refractivity contribution in [1.29, 1.82) is 0 Å². The molecule has 0 heterocycles. The van der Waals surface area contributed by atoms with Gasteiger partial charge < -0.3 is 62.9 Å². The summed E-state index contributed by atoms with van der Waals surface area (Å²) in [5.41, 5.74) is 0. The van der Waals surface area contributed by atoms with E-state index in [1.807, 2.05) is 0 Å². The Morgan fingerprint density at radius 3 is 0.750 bits per heavy atom. The van der Waals surface area contributed by atoms with Gasteiger partial charge >= 0.3 is 71.1 Å². The average Bonchev–Trinajstić information content (AvgIpc) is 2.12. The van der Waals surface area contributed by atoms with Crippen molar-refractivity contribution in [3.05, 3.63) is 0 Å². The molecule has 0 aromatic heterocycles. The van der Waals surface area contributed by atoms with Crippen LogP contribution >= 0.6 is 0 Å². The Hall–Kier alpha value is -0.360. The van der Waals surface area contributed by atoms with Crippen molar-refractivity contribution >= 4 is 23.9 Å². The molecule has 0 atom stereocenters. The van der Waals surface area contributed by atoms with Gasteiger partial charge in [0.15, 0.2) is 0 Å². The first-order valence-corrected chi connectivity index (χ1v) is 4.09. The molecule has 0 unspecified atom stereocenters. The van der Waals surface area contributed by atoms with Crippen LogP contribution in [0.4, 0.5) is 0 Å². The zero-order valence-electron chi connectivity index (χ0n) is 13.2. The van der Waals surface area contributed by atoms with E-state index in [0.29, 0.717) is 0 Å². The topological polar surface area (TPSA) is 344 Å². The SMILES string of the molecule is O.O.O.O.O.O.O=C([O-])CCC(=O)O.O=C([O-])CCC(=O)O.[Na+].[Na+]. The number of aliphatic carboxylic acids is 4. The van der Waals surface area contributed by atoms with Crippen LogP contribution in [0.1, 0.15) is 25.7 Å². The maximum Gasteiger partial charge on any atom is 1.00 e. The smallest absolute Gasteiger partial charge is 0.550 e. The Kier molecular flexibility index (Phi) is 118. The number of carbonyl (C=O) groups excluding carboxylic acids is 2. The summed E-state index contributed by atoms with van der Waals surface area (Å²) in [4.78, 5) is 38.3. The van der Waals surface area contributed by atoms with E-state index in [4.69, 9.17) is 10.2 Å². The van der Waals surface area contributed by atoms with Crippen molar-refractivity contribution < 1.29 is 132 Å². The molecule has 0 aliphatic rings. The molecule has 0 radical (unpaired) electrons. The van der Waals surface area contributed by atoms with Gasteiger partial charge in [0.25, 0.3) is 0 Å². The molecule has 0 saturated heterocycles. The Labute approximate surface area is 180 Å². The molecule has 0 aliphatic heterocycles. The van der Waals surface area contributed by atoms with Gasteiger partial charge in [0.2, 0.25) is 0 Å². The van der Waals surface area contributed by atoms with Gasteiger partial charge in [0.1, 0.15) is 0 Å². The monoisotopic (exact) mass is 388 g/mol. The predicted octanol–water partition coefficient (Wildman–Crippen LogP) is -13.7. The quantitative estimate of drug-likeness (QED) is 0.410. The molecule has 0 spiro atoms. The number of rotatable bonds is 6. The first kappa shape index (κ1) is 65.1. The second-order valence-corrected chi connectivity index (χ2v) is 2.53. The van der Waals surface area contributed by atoms with E-state index in [0.717, 1.165) is 0 Å². The van der Waals surface area contributed by atoms with E-state index < -0.39 is 36.7 Å². The van der Waals surface area contributed by atoms with Gasteiger partial charge in [-0.25, -0.2) is 0 Å². The van der Waals surface area contributed by atoms with Gasteiger partial charge in [-0.3, -0.25) is 9.59 Å². The molecule has 14 nitrogen and oxygen atoms in total. The first-order valence-electron chi connectivity index (χ1n) is 4.09. The molecule has 0 aromatic rings. The van der Waals surface area contributed by atoms with Gasteiger partial charge in [0.05, 0.1) is 12.8 Å². The number of carboxylic acids is 4. The molecule has 0 fully saturated rings. The normalized spacial score (nSPS) is 5.67. The minimum Gasteiger partial charge on any atom is -0.550 e. The van der Waals surface area contributed by atoms with Crippen molar-refractivity contribution in [2.45, 2.75) is 25.7 Å². The van der Waals surface area contributed by atoms with Crippen LogP contribution < -0.4 is 69.3 Å². The first-order chi connectivity index (χ1) is 7.25. The number of hydrogen-bond acceptors (Lipinski definition) is 6. The second-order valence-electron chi connectivity index (χ2n) is 2.53. The average molecular weight is 388 g/mol. The summed E-state index contributed by atoms with van der Waals surface area (Å²) in [6.07, 6.45) is -1.53. The van der Waals surface area contributed by atoms with Crippen LogP contribution in [0.15, 0.2) is 0 Å². The molecular formula is C8H22Na2O14. The van der Waals surface area contributed by atoms with Gasteiger partial charge in [0, 0.05) is 11.9 Å². The summed E-state index contributed by atoms with van der Waals surface area (Å²) in [6.45, 7) is 0. The Balaban J connectivity index is -0.0000000153. The standard InChI is InChI=1S/2C4H6O4.2Na.6H2O/c2*5-3(6)1-2-4(7)8;;;;;;;;/h2*1-2H2,(H,5,6)(H,7,8);;;6*1H2/q;;2*+1;;;;;;/p-2. The minimum atomic E-state index is -1.33. The molecule has 0 saturated carbocycles. The number of carbonyl (C=O) groups is 4. The van der Waals surface area contributed by atoms with E-state index in [1.54, 1.807) is 0 Å². The summed E-state index contributed by atoms with van der Waals surface area (Å²) >= 11 is 0. The van der Waals surface area contributed by atoms with E-state index in [-0.39, 0.29) is 105 Å². The van der Waals surface area contributed by atoms with E-state index in [1.165, 1.54) is 0 Å². The summed E-state index contributed by atoms with van der Waals surface area (Å²) in [5, 5.41) is 34.8. The fourth-order valence-electron chi connectivity index (χ4n) is 0.418. The molecule has 14 N–H and O–H groups in total. The molecule has 140 valence electrons. The van der Waals surface area contributed by atoms with Crippen LogP contribution in [-0.2, 0) is 19.2 Å². The van der Waals surface area contributed by atoms with E-state index in [2.05, 4.69) is 0 Å². The van der Waals surface area contributed by atoms with Gasteiger partial charge in [-0.1, -0.05) is 0 Å². The molecular weight excluding hydrogens is 366 g/mol. The second kappa shape index (κ2) is 43.3. The summed E-state index contributed by atoms with van der Waals surface area (Å²) < 4.78 is 0. The van der Waals surface area contributed by atoms with Crippen molar-refractivity contribution in [3.63, 3.8) is 0 Å². The summed E-state index contributed by atoms with van der Waals surface area (Å²) in [5.74, 6) is -4.89. The van der Waals surface area contributed by atoms with Crippen LogP contribution in [-0.4, -0.2) is 66.9 Å². The van der Waals surface area contributed by atoms with E-state index in [9.17, 15) is 29.4 Å². The van der Waals surface area contributed by atoms with Gasteiger partial charge in [-0.2, -0.15) is 0 Å². The van der Waals surface area contributed by atoms with Crippen LogP contribution in [0.2, 0.25) is 0 Å². The number of carboxylic acid groups (broad SMARTS) is 4. The molecule has 16 heteroatoms. The molecule has 0 aromatic carbocycles. The summed E-state index contributed by atoms with van der Waals surface area (Å²) in [7, 11) is 0. The zero-order chi connectivity index (χ0) is 13.1. The predicted molar refractivity (Wildman–Crippen MR) is 65.4 cm³/mol. The largest absolute Gasteiger partial charge is 1.00 e. The fourth-order valence-corrected chi connectivity index (χ4v) is 0.418. The molecule has 0 bridgehead atoms. The third-order valence-electron chi connectivity index (χ3n) is 1.09. The van der Waals surface area contributed by atoms with Crippen molar-refractivity contribution in [2.75, 3.05) is 0 Å². The Morgan fingerprint density at radius 2 is 0.708 bits per heavy atom. The summed E-state index contributed by atoms with van der Waals surface area (Å²) in [6, 6.07) is 0. The van der Waals surface area contributed by atoms with Crippen molar-refractivity contribution in [2.24, 2.45) is 0 Å². The van der Waals surface area contributed by atoms with Gasteiger partial charge in [-0.05, 0) is 12.8 Å². The Morgan fingerprint density at radius 1 is 0.542 bits per heavy atom. The molecule has 0 amide bonds. The zero-order valence-corrected chi connectivity index (χ0v) is 17.2. The van der Waals surface area contributed by atoms with Gasteiger partial charge in [-0.15, -0.1) is 0 Å². The van der Waals surface area contributed by atoms with Crippen LogP contribution in [0, 0.1) is 0 Å². The van der Waals surface area contributed by atoms with Crippen molar-refractivity contribution in [3.8, 4) is 0 Å². The van der Waals surface area contributed by atoms with Crippen LogP contribution in [0.5, 0.6) is 0 Å². The maximum absolute atomic E-state index is 9.61. The van der Waals surface area contributed by atoms with Crippen molar-refractivity contribution in [1.82, 2.24) is 0 Å². The maximum atomic E-state index is 9.61. The number of hydrogen-bond donors (Lipinski definition) is 2. The van der Waals surface area contributed by atoms with Crippen LogP contribution in [0.3, 0.4) is 0 Å². The Bertz CT molecular complexity index is 228. The molecule has 0 rings (SSSR count). The third-order valence-corrected chi connectivity index (χ3v) is 1.09. The third kappa shape index (κ3) is 99.2. The fraction of sp³-hybridized carbons (Fsp3) is 0.500. The van der Waals surface area contributed by atoms with Crippen LogP contribution in [0.25, 0.3) is 0 Å². The van der Waals surface area contributed by atoms with E-state index >= 15 is 0 Å². The minimum absolute atomic E-state index is 0. The molecule has 0 aliphatic carbocycles. The molecule has 24 heavy (non-hydrogen) atoms.